The van der Waals surface area contributed by atoms with Gasteiger partial charge in [-0.05, 0) is 39.2 Å². The molecule has 0 saturated carbocycles. The van der Waals surface area contributed by atoms with Crippen molar-refractivity contribution >= 4 is 23.3 Å². The summed E-state index contributed by atoms with van der Waals surface area (Å²) in [6.45, 7) is 3.24. The van der Waals surface area contributed by atoms with Crippen molar-refractivity contribution in [2.75, 3.05) is 45.3 Å². The Balaban J connectivity index is 2.14. The quantitative estimate of drug-likeness (QED) is 0.523. The van der Waals surface area contributed by atoms with Crippen LogP contribution in [0.2, 0.25) is 0 Å². The first-order chi connectivity index (χ1) is 11.9. The van der Waals surface area contributed by atoms with Crippen LogP contribution in [-0.2, 0) is 14.3 Å². The number of ether oxygens (including phenoxy) is 2. The third-order valence-corrected chi connectivity index (χ3v) is 3.86. The number of amides is 1. The standard InChI is InChI=1S/C18H24N2O5/c1-4-24-18(23)8-6-15(21)13-5-7-16-14(11-13)20(10-9-19(2)3)17(22)12-25-16/h5,7,11H,4,6,8-10,12H2,1-3H3. The van der Waals surface area contributed by atoms with Gasteiger partial charge in [-0.1, -0.05) is 0 Å². The van der Waals surface area contributed by atoms with E-state index >= 15 is 0 Å². The molecule has 0 unspecified atom stereocenters. The van der Waals surface area contributed by atoms with Crippen LogP contribution in [0.3, 0.4) is 0 Å². The Bertz CT molecular complexity index is 657. The maximum atomic E-state index is 12.3. The Labute approximate surface area is 147 Å². The average molecular weight is 348 g/mol. The van der Waals surface area contributed by atoms with E-state index in [1.807, 2.05) is 19.0 Å². The zero-order valence-corrected chi connectivity index (χ0v) is 14.9. The molecule has 1 amide bonds. The van der Waals surface area contributed by atoms with Gasteiger partial charge < -0.3 is 19.3 Å². The van der Waals surface area contributed by atoms with E-state index in [-0.39, 0.29) is 37.1 Å². The van der Waals surface area contributed by atoms with Crippen LogP contribution in [0.4, 0.5) is 5.69 Å². The highest BCUT2D eigenvalue weighted by atomic mass is 16.5. The van der Waals surface area contributed by atoms with Crippen molar-refractivity contribution in [1.82, 2.24) is 4.90 Å². The number of anilines is 1. The lowest BCUT2D eigenvalue weighted by molar-refractivity contribution is -0.143. The molecule has 0 aromatic heterocycles. The molecule has 0 atom stereocenters. The summed E-state index contributed by atoms with van der Waals surface area (Å²) < 4.78 is 10.3. The maximum absolute atomic E-state index is 12.3. The zero-order chi connectivity index (χ0) is 18.4. The molecule has 7 nitrogen and oxygen atoms in total. The number of hydrogen-bond acceptors (Lipinski definition) is 6. The normalized spacial score (nSPS) is 13.4. The van der Waals surface area contributed by atoms with Gasteiger partial charge in [0.05, 0.1) is 18.7 Å². The summed E-state index contributed by atoms with van der Waals surface area (Å²) in [5, 5.41) is 0. The molecule has 0 fully saturated rings. The molecule has 0 bridgehead atoms. The smallest absolute Gasteiger partial charge is 0.306 e. The molecule has 0 spiro atoms. The molecular formula is C18H24N2O5. The summed E-state index contributed by atoms with van der Waals surface area (Å²) in [7, 11) is 3.86. The minimum absolute atomic E-state index is 0.00339. The summed E-state index contributed by atoms with van der Waals surface area (Å²) >= 11 is 0. The predicted molar refractivity (Wildman–Crippen MR) is 93.0 cm³/mol. The van der Waals surface area contributed by atoms with E-state index in [0.29, 0.717) is 36.7 Å². The Hall–Kier alpha value is -2.41. The second-order valence-corrected chi connectivity index (χ2v) is 6.05. The second-order valence-electron chi connectivity index (χ2n) is 6.05. The number of nitrogens with zero attached hydrogens (tertiary/aromatic N) is 2. The molecule has 136 valence electrons. The number of ketones is 1. The Kier molecular flexibility index (Phi) is 6.52. The van der Waals surface area contributed by atoms with Crippen molar-refractivity contribution in [2.45, 2.75) is 19.8 Å². The minimum atomic E-state index is -0.389. The van der Waals surface area contributed by atoms with Gasteiger partial charge in [0, 0.05) is 25.1 Å². The van der Waals surface area contributed by atoms with E-state index in [1.54, 1.807) is 30.0 Å². The fourth-order valence-corrected chi connectivity index (χ4v) is 2.51. The first kappa shape index (κ1) is 18.9. The summed E-state index contributed by atoms with van der Waals surface area (Å²) in [6, 6.07) is 5.02. The number of fused-ring (bicyclic) bond motifs is 1. The van der Waals surface area contributed by atoms with E-state index in [4.69, 9.17) is 9.47 Å². The number of likely N-dealkylation sites (N-methyl/N-ethyl adjacent to an activating group) is 1. The van der Waals surface area contributed by atoms with Crippen molar-refractivity contribution in [3.8, 4) is 5.75 Å². The summed E-state index contributed by atoms with van der Waals surface area (Å²) in [4.78, 5) is 39.5. The summed E-state index contributed by atoms with van der Waals surface area (Å²) in [5.74, 6) is -0.105. The van der Waals surface area contributed by atoms with Crippen molar-refractivity contribution < 1.29 is 23.9 Å². The van der Waals surface area contributed by atoms with Gasteiger partial charge in [0.15, 0.2) is 12.4 Å². The first-order valence-corrected chi connectivity index (χ1v) is 8.33. The van der Waals surface area contributed by atoms with Gasteiger partial charge in [0.25, 0.3) is 5.91 Å². The Morgan fingerprint density at radius 2 is 2.04 bits per heavy atom. The van der Waals surface area contributed by atoms with Crippen LogP contribution < -0.4 is 9.64 Å². The van der Waals surface area contributed by atoms with Crippen LogP contribution in [0.5, 0.6) is 5.75 Å². The lowest BCUT2D eigenvalue weighted by atomic mass is 10.0. The highest BCUT2D eigenvalue weighted by Gasteiger charge is 2.26. The van der Waals surface area contributed by atoms with Crippen LogP contribution in [0, 0.1) is 0 Å². The van der Waals surface area contributed by atoms with E-state index in [0.717, 1.165) is 0 Å². The minimum Gasteiger partial charge on any atom is -0.482 e. The third kappa shape index (κ3) is 5.03. The van der Waals surface area contributed by atoms with Gasteiger partial charge in [0.1, 0.15) is 5.75 Å². The van der Waals surface area contributed by atoms with Gasteiger partial charge in [-0.3, -0.25) is 14.4 Å². The molecule has 1 aliphatic rings. The number of carbonyl (C=O) groups excluding carboxylic acids is 3. The average Bonchev–Trinajstić information content (AvgIpc) is 2.58. The molecular weight excluding hydrogens is 324 g/mol. The SMILES string of the molecule is CCOC(=O)CCC(=O)c1ccc2c(c1)N(CCN(C)C)C(=O)CO2. The number of benzene rings is 1. The Morgan fingerprint density at radius 1 is 1.28 bits per heavy atom. The second kappa shape index (κ2) is 8.62. The highest BCUT2D eigenvalue weighted by Crippen LogP contribution is 2.33. The van der Waals surface area contributed by atoms with Gasteiger partial charge >= 0.3 is 5.97 Å². The van der Waals surface area contributed by atoms with Gasteiger partial charge in [-0.25, -0.2) is 0 Å². The van der Waals surface area contributed by atoms with Crippen LogP contribution in [0.15, 0.2) is 18.2 Å². The molecule has 0 aliphatic carbocycles. The predicted octanol–water partition coefficient (Wildman–Crippen LogP) is 1.50. The van der Waals surface area contributed by atoms with Crippen molar-refractivity contribution in [3.63, 3.8) is 0 Å². The fraction of sp³-hybridized carbons (Fsp3) is 0.500. The van der Waals surface area contributed by atoms with Crippen LogP contribution >= 0.6 is 0 Å². The van der Waals surface area contributed by atoms with E-state index in [9.17, 15) is 14.4 Å². The Morgan fingerprint density at radius 3 is 2.72 bits per heavy atom. The molecule has 2 rings (SSSR count). The van der Waals surface area contributed by atoms with Gasteiger partial charge in [0.2, 0.25) is 0 Å². The third-order valence-electron chi connectivity index (χ3n) is 3.86. The zero-order valence-electron chi connectivity index (χ0n) is 14.9. The van der Waals surface area contributed by atoms with Crippen molar-refractivity contribution in [1.29, 1.82) is 0 Å². The van der Waals surface area contributed by atoms with E-state index in [1.165, 1.54) is 0 Å². The molecule has 1 aromatic carbocycles. The molecule has 25 heavy (non-hydrogen) atoms. The molecule has 7 heteroatoms. The van der Waals surface area contributed by atoms with Crippen molar-refractivity contribution in [3.05, 3.63) is 23.8 Å². The van der Waals surface area contributed by atoms with Crippen LogP contribution in [-0.4, -0.2) is 63.0 Å². The lowest BCUT2D eigenvalue weighted by Gasteiger charge is -2.30. The molecule has 1 aromatic rings. The summed E-state index contributed by atoms with van der Waals surface area (Å²) in [5.41, 5.74) is 1.05. The van der Waals surface area contributed by atoms with E-state index < -0.39 is 0 Å². The maximum Gasteiger partial charge on any atom is 0.306 e. The lowest BCUT2D eigenvalue weighted by Crippen LogP contribution is -2.42. The number of rotatable bonds is 8. The molecule has 0 N–H and O–H groups in total. The number of Topliss-reactive ketones (excluding diaryl/α,β-unsaturated/α-hetero) is 1. The number of hydrogen-bond donors (Lipinski definition) is 0. The van der Waals surface area contributed by atoms with E-state index in [2.05, 4.69) is 0 Å². The largest absolute Gasteiger partial charge is 0.482 e. The van der Waals surface area contributed by atoms with Gasteiger partial charge in [-0.15, -0.1) is 0 Å². The number of esters is 1. The molecule has 1 aliphatic heterocycles. The van der Waals surface area contributed by atoms with Gasteiger partial charge in [-0.2, -0.15) is 0 Å². The highest BCUT2D eigenvalue weighted by molar-refractivity contribution is 6.02. The summed E-state index contributed by atoms with van der Waals surface area (Å²) in [6.07, 6.45) is 0.119. The molecule has 0 radical (unpaired) electrons. The topological polar surface area (TPSA) is 76.2 Å². The van der Waals surface area contributed by atoms with Crippen LogP contribution in [0.1, 0.15) is 30.1 Å². The molecule has 1 heterocycles. The monoisotopic (exact) mass is 348 g/mol. The first-order valence-electron chi connectivity index (χ1n) is 8.33. The number of carbonyl (C=O) groups is 3. The van der Waals surface area contributed by atoms with Crippen molar-refractivity contribution in [2.24, 2.45) is 0 Å². The molecule has 0 saturated heterocycles. The van der Waals surface area contributed by atoms with Crippen LogP contribution in [0.25, 0.3) is 0 Å². The fourth-order valence-electron chi connectivity index (χ4n) is 2.51.